The number of thioether (sulfide) groups is 1. The van der Waals surface area contributed by atoms with E-state index in [4.69, 9.17) is 0 Å². The van der Waals surface area contributed by atoms with E-state index in [0.717, 1.165) is 28.0 Å². The number of hydrogen-bond donors (Lipinski definition) is 1. The van der Waals surface area contributed by atoms with Gasteiger partial charge >= 0.3 is 0 Å². The van der Waals surface area contributed by atoms with Gasteiger partial charge in [-0.05, 0) is 63.6 Å². The maximum atomic E-state index is 11.1. The quantitative estimate of drug-likeness (QED) is 0.366. The van der Waals surface area contributed by atoms with E-state index in [1.807, 2.05) is 13.8 Å². The van der Waals surface area contributed by atoms with Crippen molar-refractivity contribution in [3.63, 3.8) is 0 Å². The van der Waals surface area contributed by atoms with Crippen molar-refractivity contribution in [2.45, 2.75) is 40.0 Å². The molecule has 3 rings (SSSR count). The van der Waals surface area contributed by atoms with Gasteiger partial charge in [0, 0.05) is 30.1 Å². The molecule has 1 N–H and O–H groups in total. The lowest BCUT2D eigenvalue weighted by Gasteiger charge is -2.15. The third-order valence-corrected chi connectivity index (χ3v) is 6.53. The van der Waals surface area contributed by atoms with Gasteiger partial charge < -0.3 is 9.88 Å². The molecule has 1 saturated carbocycles. The van der Waals surface area contributed by atoms with Crippen LogP contribution in [-0.4, -0.2) is 46.0 Å². The SMILES string of the molecule is C/C(=N\N=C(/C)c1ccc(=O)[nH]c1)SCCCN1CCC2(CC2C)C1. The van der Waals surface area contributed by atoms with Crippen LogP contribution in [0.5, 0.6) is 0 Å². The molecule has 25 heavy (non-hydrogen) atoms. The van der Waals surface area contributed by atoms with Crippen LogP contribution in [0.15, 0.2) is 33.3 Å². The van der Waals surface area contributed by atoms with E-state index < -0.39 is 0 Å². The average Bonchev–Trinajstić information content (AvgIpc) is 3.03. The number of nitrogens with zero attached hydrogens (tertiary/aromatic N) is 3. The lowest BCUT2D eigenvalue weighted by molar-refractivity contribution is 0.316. The smallest absolute Gasteiger partial charge is 0.247 e. The molecule has 0 radical (unpaired) electrons. The van der Waals surface area contributed by atoms with E-state index in [2.05, 4.69) is 27.0 Å². The Morgan fingerprint density at radius 2 is 2.20 bits per heavy atom. The molecule has 2 fully saturated rings. The Balaban J connectivity index is 1.38. The molecule has 1 aliphatic carbocycles. The van der Waals surface area contributed by atoms with Gasteiger partial charge in [0.05, 0.1) is 10.8 Å². The van der Waals surface area contributed by atoms with Crippen molar-refractivity contribution in [3.05, 3.63) is 34.2 Å². The minimum Gasteiger partial charge on any atom is -0.328 e. The predicted molar refractivity (Wildman–Crippen MR) is 107 cm³/mol. The molecule has 2 heterocycles. The second-order valence-electron chi connectivity index (χ2n) is 7.44. The van der Waals surface area contributed by atoms with Crippen molar-refractivity contribution in [2.24, 2.45) is 21.5 Å². The van der Waals surface area contributed by atoms with Crippen molar-refractivity contribution in [3.8, 4) is 0 Å². The van der Waals surface area contributed by atoms with Crippen LogP contribution in [0.25, 0.3) is 0 Å². The molecular formula is C19H28N4OS. The molecule has 0 aromatic carbocycles. The summed E-state index contributed by atoms with van der Waals surface area (Å²) >= 11 is 1.77. The van der Waals surface area contributed by atoms with E-state index in [1.165, 1.54) is 45.0 Å². The summed E-state index contributed by atoms with van der Waals surface area (Å²) in [6.45, 7) is 10.1. The lowest BCUT2D eigenvalue weighted by Crippen LogP contribution is -2.23. The molecular weight excluding hydrogens is 332 g/mol. The summed E-state index contributed by atoms with van der Waals surface area (Å²) in [5, 5.41) is 9.55. The summed E-state index contributed by atoms with van der Waals surface area (Å²) in [7, 11) is 0. The van der Waals surface area contributed by atoms with Gasteiger partial charge in [0.25, 0.3) is 0 Å². The Morgan fingerprint density at radius 3 is 2.84 bits per heavy atom. The maximum Gasteiger partial charge on any atom is 0.247 e. The lowest BCUT2D eigenvalue weighted by atomic mass is 10.0. The fourth-order valence-electron chi connectivity index (χ4n) is 3.67. The van der Waals surface area contributed by atoms with Crippen LogP contribution in [0.3, 0.4) is 0 Å². The first-order valence-corrected chi connectivity index (χ1v) is 10.1. The van der Waals surface area contributed by atoms with Gasteiger partial charge in [0.2, 0.25) is 5.56 Å². The fraction of sp³-hybridized carbons (Fsp3) is 0.632. The van der Waals surface area contributed by atoms with Crippen molar-refractivity contribution in [1.29, 1.82) is 0 Å². The molecule has 0 bridgehead atoms. The van der Waals surface area contributed by atoms with Gasteiger partial charge in [-0.15, -0.1) is 16.9 Å². The van der Waals surface area contributed by atoms with Crippen LogP contribution in [0.1, 0.15) is 45.6 Å². The molecule has 2 aliphatic rings. The van der Waals surface area contributed by atoms with Crippen molar-refractivity contribution in [1.82, 2.24) is 9.88 Å². The van der Waals surface area contributed by atoms with Crippen molar-refractivity contribution in [2.75, 3.05) is 25.4 Å². The number of aromatic nitrogens is 1. The predicted octanol–water partition coefficient (Wildman–Crippen LogP) is 3.37. The zero-order valence-corrected chi connectivity index (χ0v) is 16.2. The first-order valence-electron chi connectivity index (χ1n) is 9.12. The molecule has 2 unspecified atom stereocenters. The standard InChI is InChI=1S/C19H28N4OS/c1-14-11-19(14)7-9-23(13-19)8-4-10-25-16(3)22-21-15(2)17-5-6-18(24)20-12-17/h5-6,12,14H,4,7-11,13H2,1-3H3,(H,20,24)/b21-15+,22-16+. The molecule has 1 saturated heterocycles. The number of aromatic amines is 1. The van der Waals surface area contributed by atoms with Gasteiger partial charge in [0.15, 0.2) is 0 Å². The van der Waals surface area contributed by atoms with Crippen LogP contribution in [-0.2, 0) is 0 Å². The van der Waals surface area contributed by atoms with Gasteiger partial charge in [0.1, 0.15) is 0 Å². The summed E-state index contributed by atoms with van der Waals surface area (Å²) < 4.78 is 0. The number of H-pyrrole nitrogens is 1. The molecule has 1 aliphatic heterocycles. The van der Waals surface area contributed by atoms with E-state index in [-0.39, 0.29) is 5.56 Å². The fourth-order valence-corrected chi connectivity index (χ4v) is 4.34. The van der Waals surface area contributed by atoms with Crippen LogP contribution in [0, 0.1) is 11.3 Å². The molecule has 5 nitrogen and oxygen atoms in total. The highest BCUT2D eigenvalue weighted by Crippen LogP contribution is 2.57. The summed E-state index contributed by atoms with van der Waals surface area (Å²) in [6, 6.07) is 3.27. The van der Waals surface area contributed by atoms with E-state index >= 15 is 0 Å². The Labute approximate surface area is 154 Å². The number of pyridine rings is 1. The third kappa shape index (κ3) is 4.82. The number of likely N-dealkylation sites (tertiary alicyclic amines) is 1. The molecule has 0 amide bonds. The van der Waals surface area contributed by atoms with Crippen LogP contribution < -0.4 is 5.56 Å². The first-order chi connectivity index (χ1) is 12.0. The molecule has 1 spiro atoms. The van der Waals surface area contributed by atoms with Crippen molar-refractivity contribution < 1.29 is 0 Å². The van der Waals surface area contributed by atoms with Crippen LogP contribution in [0.4, 0.5) is 0 Å². The minimum absolute atomic E-state index is 0.105. The highest BCUT2D eigenvalue weighted by atomic mass is 32.2. The second-order valence-corrected chi connectivity index (χ2v) is 8.73. The molecule has 6 heteroatoms. The van der Waals surface area contributed by atoms with Crippen LogP contribution >= 0.6 is 11.8 Å². The molecule has 2 atom stereocenters. The van der Waals surface area contributed by atoms with E-state index in [9.17, 15) is 4.79 Å². The Kier molecular flexibility index (Phi) is 5.79. The number of hydrogen-bond acceptors (Lipinski definition) is 5. The highest BCUT2D eigenvalue weighted by Gasteiger charge is 2.54. The zero-order valence-electron chi connectivity index (χ0n) is 15.4. The monoisotopic (exact) mass is 360 g/mol. The average molecular weight is 361 g/mol. The third-order valence-electron chi connectivity index (χ3n) is 5.53. The first kappa shape index (κ1) is 18.4. The van der Waals surface area contributed by atoms with Gasteiger partial charge in [-0.25, -0.2) is 0 Å². The summed E-state index contributed by atoms with van der Waals surface area (Å²) in [6.07, 6.45) is 5.71. The maximum absolute atomic E-state index is 11.1. The van der Waals surface area contributed by atoms with E-state index in [1.54, 1.807) is 24.0 Å². The number of rotatable bonds is 6. The highest BCUT2D eigenvalue weighted by molar-refractivity contribution is 8.13. The summed E-state index contributed by atoms with van der Waals surface area (Å²) in [5.74, 6) is 2.03. The van der Waals surface area contributed by atoms with Gasteiger partial charge in [-0.3, -0.25) is 4.79 Å². The van der Waals surface area contributed by atoms with Gasteiger partial charge in [-0.2, -0.15) is 5.10 Å². The zero-order chi connectivity index (χ0) is 17.9. The Hall–Kier alpha value is -1.40. The topological polar surface area (TPSA) is 60.8 Å². The Bertz CT molecular complexity index is 706. The molecule has 1 aromatic heterocycles. The van der Waals surface area contributed by atoms with Crippen LogP contribution in [0.2, 0.25) is 0 Å². The van der Waals surface area contributed by atoms with Gasteiger partial charge in [-0.1, -0.05) is 6.92 Å². The van der Waals surface area contributed by atoms with Crippen molar-refractivity contribution >= 4 is 22.5 Å². The second kappa shape index (κ2) is 7.87. The largest absolute Gasteiger partial charge is 0.328 e. The summed E-state index contributed by atoms with van der Waals surface area (Å²) in [4.78, 5) is 16.4. The van der Waals surface area contributed by atoms with E-state index in [0.29, 0.717) is 5.41 Å². The summed E-state index contributed by atoms with van der Waals surface area (Å²) in [5.41, 5.74) is 2.28. The molecule has 1 aromatic rings. The number of nitrogens with one attached hydrogen (secondary N) is 1. The Morgan fingerprint density at radius 1 is 1.40 bits per heavy atom. The molecule has 136 valence electrons. The minimum atomic E-state index is -0.105. The normalized spacial score (nSPS) is 27.2.